The Morgan fingerprint density at radius 3 is 2.58 bits per heavy atom. The van der Waals surface area contributed by atoms with E-state index in [4.69, 9.17) is 9.47 Å². The molecule has 142 valence electrons. The minimum absolute atomic E-state index is 0.0589. The van der Waals surface area contributed by atoms with E-state index in [0.717, 1.165) is 5.56 Å². The van der Waals surface area contributed by atoms with Gasteiger partial charge in [0, 0.05) is 6.54 Å². The van der Waals surface area contributed by atoms with Crippen LogP contribution in [-0.4, -0.2) is 47.6 Å². The summed E-state index contributed by atoms with van der Waals surface area (Å²) in [6.45, 7) is 5.92. The number of benzene rings is 1. The third-order valence-corrected chi connectivity index (χ3v) is 3.96. The lowest BCUT2D eigenvalue weighted by Gasteiger charge is -2.39. The first kappa shape index (κ1) is 19.8. The molecule has 7 nitrogen and oxygen atoms in total. The van der Waals surface area contributed by atoms with Gasteiger partial charge in [-0.2, -0.15) is 0 Å². The number of hydrogen-bond donors (Lipinski definition) is 1. The summed E-state index contributed by atoms with van der Waals surface area (Å²) in [5.74, 6) is 0. The van der Waals surface area contributed by atoms with E-state index in [9.17, 15) is 14.4 Å². The zero-order chi connectivity index (χ0) is 19.2. The highest BCUT2D eigenvalue weighted by Gasteiger charge is 2.40. The molecule has 26 heavy (non-hydrogen) atoms. The first-order chi connectivity index (χ1) is 12.2. The number of alkyl carbamates (subject to hydrolysis) is 1. The van der Waals surface area contributed by atoms with Crippen LogP contribution in [0.5, 0.6) is 0 Å². The number of ether oxygens (including phenoxy) is 2. The van der Waals surface area contributed by atoms with Crippen molar-refractivity contribution in [3.63, 3.8) is 0 Å². The molecule has 2 rings (SSSR count). The van der Waals surface area contributed by atoms with Crippen LogP contribution in [0.2, 0.25) is 0 Å². The average molecular weight is 362 g/mol. The van der Waals surface area contributed by atoms with Crippen molar-refractivity contribution in [3.8, 4) is 0 Å². The van der Waals surface area contributed by atoms with Crippen molar-refractivity contribution in [2.75, 3.05) is 13.1 Å². The Kier molecular flexibility index (Phi) is 6.23. The van der Waals surface area contributed by atoms with Crippen LogP contribution >= 0.6 is 0 Å². The fourth-order valence-corrected chi connectivity index (χ4v) is 2.79. The van der Waals surface area contributed by atoms with E-state index in [2.05, 4.69) is 5.32 Å². The number of rotatable bonds is 4. The molecule has 1 N–H and O–H groups in total. The summed E-state index contributed by atoms with van der Waals surface area (Å²) in [5, 5.41) is 2.62. The van der Waals surface area contributed by atoms with Gasteiger partial charge >= 0.3 is 12.2 Å². The van der Waals surface area contributed by atoms with Gasteiger partial charge in [-0.05, 0) is 39.2 Å². The number of piperidine rings is 1. The number of carbonyl (C=O) groups is 3. The molecule has 1 heterocycles. The van der Waals surface area contributed by atoms with Crippen LogP contribution in [0.25, 0.3) is 0 Å². The topological polar surface area (TPSA) is 84.9 Å². The van der Waals surface area contributed by atoms with Crippen LogP contribution in [0.1, 0.15) is 39.2 Å². The third kappa shape index (κ3) is 5.75. The number of aldehydes is 1. The summed E-state index contributed by atoms with van der Waals surface area (Å²) in [6.07, 6.45) is 0.510. The van der Waals surface area contributed by atoms with Gasteiger partial charge in [-0.3, -0.25) is 0 Å². The number of nitrogens with zero attached hydrogens (tertiary/aromatic N) is 1. The van der Waals surface area contributed by atoms with E-state index < -0.39 is 23.3 Å². The first-order valence-corrected chi connectivity index (χ1v) is 8.66. The largest absolute Gasteiger partial charge is 0.445 e. The highest BCUT2D eigenvalue weighted by molar-refractivity contribution is 5.78. The molecule has 1 aliphatic heterocycles. The molecule has 1 aliphatic rings. The molecule has 1 saturated heterocycles. The minimum Gasteiger partial charge on any atom is -0.445 e. The van der Waals surface area contributed by atoms with E-state index in [1.54, 1.807) is 20.8 Å². The van der Waals surface area contributed by atoms with Crippen molar-refractivity contribution in [1.29, 1.82) is 0 Å². The molecular weight excluding hydrogens is 336 g/mol. The Hall–Kier alpha value is -2.57. The van der Waals surface area contributed by atoms with E-state index >= 15 is 0 Å². The lowest BCUT2D eigenvalue weighted by molar-refractivity contribution is -0.115. The van der Waals surface area contributed by atoms with Crippen molar-refractivity contribution in [1.82, 2.24) is 10.2 Å². The summed E-state index contributed by atoms with van der Waals surface area (Å²) in [4.78, 5) is 37.5. The molecule has 1 aromatic carbocycles. The molecule has 7 heteroatoms. The smallest absolute Gasteiger partial charge is 0.410 e. The zero-order valence-electron chi connectivity index (χ0n) is 15.5. The second-order valence-corrected chi connectivity index (χ2v) is 7.47. The van der Waals surface area contributed by atoms with E-state index in [-0.39, 0.29) is 13.2 Å². The fourth-order valence-electron chi connectivity index (χ4n) is 2.79. The standard InChI is InChI=1S/C19H26N2O5/c1-18(2,3)26-16(23)20-19(14-22)10-7-11-21(13-19)17(24)25-12-15-8-5-4-6-9-15/h4-6,8-9,14H,7,10-13H2,1-3H3,(H,20,23). The lowest BCUT2D eigenvalue weighted by Crippen LogP contribution is -2.61. The number of amides is 2. The first-order valence-electron chi connectivity index (χ1n) is 8.66. The molecule has 1 fully saturated rings. The molecule has 1 aromatic rings. The predicted octanol–water partition coefficient (Wildman–Crippen LogP) is 2.88. The van der Waals surface area contributed by atoms with Gasteiger partial charge < -0.3 is 24.5 Å². The normalized spacial score (nSPS) is 20.2. The summed E-state index contributed by atoms with van der Waals surface area (Å²) in [7, 11) is 0. The van der Waals surface area contributed by atoms with Crippen LogP contribution in [0.15, 0.2) is 30.3 Å². The Balaban J connectivity index is 1.95. The van der Waals surface area contributed by atoms with Crippen molar-refractivity contribution < 1.29 is 23.9 Å². The SMILES string of the molecule is CC(C)(C)OC(=O)NC1(C=O)CCCN(C(=O)OCc2ccccc2)C1. The third-order valence-electron chi connectivity index (χ3n) is 3.96. The van der Waals surface area contributed by atoms with Gasteiger partial charge in [-0.1, -0.05) is 30.3 Å². The van der Waals surface area contributed by atoms with Crippen LogP contribution < -0.4 is 5.32 Å². The molecule has 0 bridgehead atoms. The second-order valence-electron chi connectivity index (χ2n) is 7.47. The molecule has 1 unspecified atom stereocenters. The van der Waals surface area contributed by atoms with E-state index in [0.29, 0.717) is 25.7 Å². The van der Waals surface area contributed by atoms with Gasteiger partial charge in [-0.25, -0.2) is 9.59 Å². The van der Waals surface area contributed by atoms with Gasteiger partial charge in [0.05, 0.1) is 6.54 Å². The van der Waals surface area contributed by atoms with E-state index in [1.807, 2.05) is 30.3 Å². The summed E-state index contributed by atoms with van der Waals surface area (Å²) in [6, 6.07) is 9.35. The molecule has 2 amide bonds. The maximum atomic E-state index is 12.3. The quantitative estimate of drug-likeness (QED) is 0.833. The Morgan fingerprint density at radius 1 is 1.27 bits per heavy atom. The summed E-state index contributed by atoms with van der Waals surface area (Å²) < 4.78 is 10.5. The van der Waals surface area contributed by atoms with Crippen LogP contribution in [-0.2, 0) is 20.9 Å². The van der Waals surface area contributed by atoms with Gasteiger partial charge in [0.25, 0.3) is 0 Å². The fraction of sp³-hybridized carbons (Fsp3) is 0.526. The van der Waals surface area contributed by atoms with Crippen LogP contribution in [0, 0.1) is 0 Å². The summed E-state index contributed by atoms with van der Waals surface area (Å²) in [5.41, 5.74) is -0.949. The van der Waals surface area contributed by atoms with Crippen molar-refractivity contribution in [2.24, 2.45) is 0 Å². The molecule has 0 aliphatic carbocycles. The number of nitrogens with one attached hydrogen (secondary N) is 1. The van der Waals surface area contributed by atoms with Crippen LogP contribution in [0.4, 0.5) is 9.59 Å². The van der Waals surface area contributed by atoms with E-state index in [1.165, 1.54) is 4.90 Å². The maximum Gasteiger partial charge on any atom is 0.410 e. The molecule has 0 spiro atoms. The van der Waals surface area contributed by atoms with Gasteiger partial charge in [0.15, 0.2) is 0 Å². The second kappa shape index (κ2) is 8.21. The van der Waals surface area contributed by atoms with Crippen molar-refractivity contribution in [3.05, 3.63) is 35.9 Å². The summed E-state index contributed by atoms with van der Waals surface area (Å²) >= 11 is 0. The molecular formula is C19H26N2O5. The Labute approximate surface area is 153 Å². The van der Waals surface area contributed by atoms with Crippen LogP contribution in [0.3, 0.4) is 0 Å². The van der Waals surface area contributed by atoms with Crippen molar-refractivity contribution in [2.45, 2.75) is 51.4 Å². The molecule has 0 aromatic heterocycles. The Bertz CT molecular complexity index is 641. The van der Waals surface area contributed by atoms with Gasteiger partial charge in [0.1, 0.15) is 24.0 Å². The molecule has 0 saturated carbocycles. The highest BCUT2D eigenvalue weighted by Crippen LogP contribution is 2.21. The zero-order valence-corrected chi connectivity index (χ0v) is 15.5. The van der Waals surface area contributed by atoms with Gasteiger partial charge in [-0.15, -0.1) is 0 Å². The predicted molar refractivity (Wildman–Crippen MR) is 95.6 cm³/mol. The molecule has 1 atom stereocenters. The molecule has 0 radical (unpaired) electrons. The Morgan fingerprint density at radius 2 is 1.96 bits per heavy atom. The number of hydrogen-bond acceptors (Lipinski definition) is 5. The maximum absolute atomic E-state index is 12.3. The monoisotopic (exact) mass is 362 g/mol. The minimum atomic E-state index is -1.16. The highest BCUT2D eigenvalue weighted by atomic mass is 16.6. The lowest BCUT2D eigenvalue weighted by atomic mass is 9.91. The van der Waals surface area contributed by atoms with Crippen molar-refractivity contribution >= 4 is 18.5 Å². The number of likely N-dealkylation sites (tertiary alicyclic amines) is 1. The number of carbonyl (C=O) groups excluding carboxylic acids is 3. The average Bonchev–Trinajstić information content (AvgIpc) is 2.59. The van der Waals surface area contributed by atoms with Gasteiger partial charge in [0.2, 0.25) is 0 Å².